The third-order valence-electron chi connectivity index (χ3n) is 5.91. The number of carboxylic acids is 1. The van der Waals surface area contributed by atoms with Crippen LogP contribution in [0, 0.1) is 0 Å². The van der Waals surface area contributed by atoms with Crippen LogP contribution in [-0.4, -0.2) is 53.7 Å². The standard InChI is InChI=1S/C24H28N2O5/c1-4-16(13-22(27)26(3)15(2)23(28)29)25-24(30)31-14-21-19-11-7-5-9-17(19)18-10-6-8-12-20(18)21/h5-12,15-16,21H,4,13-14H2,1-3H3,(H,25,30)(H,28,29)/t15-,16-/m0/s1. The Labute approximate surface area is 182 Å². The first-order valence-corrected chi connectivity index (χ1v) is 10.4. The first-order valence-electron chi connectivity index (χ1n) is 10.4. The lowest BCUT2D eigenvalue weighted by molar-refractivity contribution is -0.148. The van der Waals surface area contributed by atoms with Gasteiger partial charge in [-0.05, 0) is 35.6 Å². The molecule has 0 radical (unpaired) electrons. The molecule has 0 heterocycles. The number of fused-ring (bicyclic) bond motifs is 3. The molecule has 3 rings (SSSR count). The molecule has 1 aliphatic carbocycles. The van der Waals surface area contributed by atoms with Crippen molar-refractivity contribution < 1.29 is 24.2 Å². The molecule has 0 unspecified atom stereocenters. The highest BCUT2D eigenvalue weighted by atomic mass is 16.5. The van der Waals surface area contributed by atoms with E-state index in [9.17, 15) is 14.4 Å². The number of hydrogen-bond donors (Lipinski definition) is 2. The van der Waals surface area contributed by atoms with E-state index in [-0.39, 0.29) is 24.9 Å². The fourth-order valence-electron chi connectivity index (χ4n) is 3.84. The molecule has 2 aromatic carbocycles. The predicted octanol–water partition coefficient (Wildman–Crippen LogP) is 3.63. The van der Waals surface area contributed by atoms with E-state index in [4.69, 9.17) is 9.84 Å². The second kappa shape index (κ2) is 9.64. The SMILES string of the molecule is CC[C@@H](CC(=O)N(C)[C@@H](C)C(=O)O)NC(=O)OCC1c2ccccc2-c2ccccc21. The Hall–Kier alpha value is -3.35. The van der Waals surface area contributed by atoms with Crippen molar-refractivity contribution in [1.29, 1.82) is 0 Å². The monoisotopic (exact) mass is 424 g/mol. The topological polar surface area (TPSA) is 95.9 Å². The van der Waals surface area contributed by atoms with Gasteiger partial charge >= 0.3 is 12.1 Å². The molecule has 2 N–H and O–H groups in total. The molecule has 0 bridgehead atoms. The summed E-state index contributed by atoms with van der Waals surface area (Å²) in [5.41, 5.74) is 4.56. The summed E-state index contributed by atoms with van der Waals surface area (Å²) in [6.07, 6.45) is -0.0597. The molecular weight excluding hydrogens is 396 g/mol. The van der Waals surface area contributed by atoms with Crippen LogP contribution in [0.15, 0.2) is 48.5 Å². The molecule has 7 nitrogen and oxygen atoms in total. The molecule has 2 aromatic rings. The van der Waals surface area contributed by atoms with E-state index in [0.717, 1.165) is 22.3 Å². The molecule has 0 saturated carbocycles. The highest BCUT2D eigenvalue weighted by Crippen LogP contribution is 2.44. The van der Waals surface area contributed by atoms with Crippen molar-refractivity contribution >= 4 is 18.0 Å². The van der Waals surface area contributed by atoms with Gasteiger partial charge in [0.1, 0.15) is 12.6 Å². The summed E-state index contributed by atoms with van der Waals surface area (Å²) in [5, 5.41) is 11.8. The van der Waals surface area contributed by atoms with E-state index in [0.29, 0.717) is 6.42 Å². The van der Waals surface area contributed by atoms with Gasteiger partial charge in [0, 0.05) is 25.4 Å². The third kappa shape index (κ3) is 4.87. The van der Waals surface area contributed by atoms with E-state index in [2.05, 4.69) is 17.4 Å². The van der Waals surface area contributed by atoms with Crippen LogP contribution in [0.1, 0.15) is 43.7 Å². The molecule has 0 aliphatic heterocycles. The largest absolute Gasteiger partial charge is 0.480 e. The van der Waals surface area contributed by atoms with Gasteiger partial charge in [0.05, 0.1) is 0 Å². The number of carbonyl (C=O) groups excluding carboxylic acids is 2. The van der Waals surface area contributed by atoms with Crippen molar-refractivity contribution in [3.8, 4) is 11.1 Å². The minimum absolute atomic E-state index is 0.00875. The van der Waals surface area contributed by atoms with Gasteiger partial charge in [-0.2, -0.15) is 0 Å². The molecule has 0 aromatic heterocycles. The molecule has 7 heteroatoms. The predicted molar refractivity (Wildman–Crippen MR) is 117 cm³/mol. The molecule has 164 valence electrons. The fraction of sp³-hybridized carbons (Fsp3) is 0.375. The second-order valence-corrected chi connectivity index (χ2v) is 7.80. The van der Waals surface area contributed by atoms with E-state index >= 15 is 0 Å². The number of amides is 2. The van der Waals surface area contributed by atoms with Gasteiger partial charge in [-0.25, -0.2) is 9.59 Å². The van der Waals surface area contributed by atoms with Crippen LogP contribution >= 0.6 is 0 Å². The normalized spacial score (nSPS) is 14.2. The maximum Gasteiger partial charge on any atom is 0.407 e. The van der Waals surface area contributed by atoms with Crippen LogP contribution in [0.3, 0.4) is 0 Å². The Balaban J connectivity index is 1.59. The number of ether oxygens (including phenoxy) is 1. The average molecular weight is 424 g/mol. The van der Waals surface area contributed by atoms with Crippen LogP contribution in [0.2, 0.25) is 0 Å². The molecule has 31 heavy (non-hydrogen) atoms. The van der Waals surface area contributed by atoms with Gasteiger partial charge in [-0.15, -0.1) is 0 Å². The number of likely N-dealkylation sites (N-methyl/N-ethyl adjacent to an activating group) is 1. The Kier molecular flexibility index (Phi) is 6.95. The Morgan fingerprint density at radius 1 is 1.06 bits per heavy atom. The zero-order chi connectivity index (χ0) is 22.5. The summed E-state index contributed by atoms with van der Waals surface area (Å²) in [4.78, 5) is 37.0. The minimum Gasteiger partial charge on any atom is -0.480 e. The van der Waals surface area contributed by atoms with E-state index in [1.54, 1.807) is 0 Å². The fourth-order valence-corrected chi connectivity index (χ4v) is 3.84. The maximum atomic E-state index is 12.4. The first-order chi connectivity index (χ1) is 14.8. The number of carbonyl (C=O) groups is 3. The van der Waals surface area contributed by atoms with Gasteiger partial charge in [-0.3, -0.25) is 4.79 Å². The highest BCUT2D eigenvalue weighted by Gasteiger charge is 2.29. The van der Waals surface area contributed by atoms with Crippen molar-refractivity contribution in [3.63, 3.8) is 0 Å². The number of alkyl carbamates (subject to hydrolysis) is 1. The van der Waals surface area contributed by atoms with E-state index in [1.807, 2.05) is 43.3 Å². The van der Waals surface area contributed by atoms with E-state index < -0.39 is 24.1 Å². The number of carboxylic acid groups (broad SMARTS) is 1. The minimum atomic E-state index is -1.08. The number of hydrogen-bond acceptors (Lipinski definition) is 4. The molecule has 0 fully saturated rings. The zero-order valence-electron chi connectivity index (χ0n) is 18.0. The second-order valence-electron chi connectivity index (χ2n) is 7.80. The maximum absolute atomic E-state index is 12.4. The Morgan fingerprint density at radius 3 is 2.13 bits per heavy atom. The Bertz CT molecular complexity index is 928. The molecule has 2 atom stereocenters. The number of nitrogens with zero attached hydrogens (tertiary/aromatic N) is 1. The van der Waals surface area contributed by atoms with Gasteiger partial charge < -0.3 is 20.1 Å². The lowest BCUT2D eigenvalue weighted by Gasteiger charge is -2.24. The van der Waals surface area contributed by atoms with Crippen molar-refractivity contribution in [2.45, 2.75) is 44.7 Å². The average Bonchev–Trinajstić information content (AvgIpc) is 3.09. The molecule has 1 aliphatic rings. The summed E-state index contributed by atoms with van der Waals surface area (Å²) in [6.45, 7) is 3.49. The van der Waals surface area contributed by atoms with Crippen molar-refractivity contribution in [2.75, 3.05) is 13.7 Å². The number of rotatable bonds is 8. The van der Waals surface area contributed by atoms with Gasteiger partial charge in [0.15, 0.2) is 0 Å². The van der Waals surface area contributed by atoms with Crippen molar-refractivity contribution in [1.82, 2.24) is 10.2 Å². The van der Waals surface area contributed by atoms with Gasteiger partial charge in [0.2, 0.25) is 5.91 Å². The Morgan fingerprint density at radius 2 is 1.61 bits per heavy atom. The summed E-state index contributed by atoms with van der Waals surface area (Å²) >= 11 is 0. The third-order valence-corrected chi connectivity index (χ3v) is 5.91. The molecule has 0 spiro atoms. The van der Waals surface area contributed by atoms with Crippen LogP contribution in [0.25, 0.3) is 11.1 Å². The number of aliphatic carboxylic acids is 1. The molecular formula is C24H28N2O5. The lowest BCUT2D eigenvalue weighted by Crippen LogP contribution is -2.44. The van der Waals surface area contributed by atoms with Crippen molar-refractivity contribution in [3.05, 3.63) is 59.7 Å². The molecule has 2 amide bonds. The highest BCUT2D eigenvalue weighted by molar-refractivity contribution is 5.84. The number of benzene rings is 2. The lowest BCUT2D eigenvalue weighted by atomic mass is 9.98. The quantitative estimate of drug-likeness (QED) is 0.675. The van der Waals surface area contributed by atoms with Gasteiger partial charge in [0.25, 0.3) is 0 Å². The van der Waals surface area contributed by atoms with Gasteiger partial charge in [-0.1, -0.05) is 55.5 Å². The van der Waals surface area contributed by atoms with E-state index in [1.165, 1.54) is 18.9 Å². The van der Waals surface area contributed by atoms with Crippen molar-refractivity contribution in [2.24, 2.45) is 0 Å². The van der Waals surface area contributed by atoms with Crippen LogP contribution in [0.4, 0.5) is 4.79 Å². The molecule has 0 saturated heterocycles. The van der Waals surface area contributed by atoms with Crippen LogP contribution in [0.5, 0.6) is 0 Å². The van der Waals surface area contributed by atoms with Crippen LogP contribution < -0.4 is 5.32 Å². The number of nitrogens with one attached hydrogen (secondary N) is 1. The first kappa shape index (κ1) is 22.3. The zero-order valence-corrected chi connectivity index (χ0v) is 18.0. The summed E-state index contributed by atoms with van der Waals surface area (Å²) in [6, 6.07) is 14.8. The summed E-state index contributed by atoms with van der Waals surface area (Å²) in [5.74, 6) is -1.46. The smallest absolute Gasteiger partial charge is 0.407 e. The summed E-state index contributed by atoms with van der Waals surface area (Å²) in [7, 11) is 1.45. The summed E-state index contributed by atoms with van der Waals surface area (Å²) < 4.78 is 5.53. The van der Waals surface area contributed by atoms with Crippen LogP contribution in [-0.2, 0) is 14.3 Å².